The molecular weight excluding hydrogens is 92.1 g/mol. The van der Waals surface area contributed by atoms with Crippen LogP contribution in [0.1, 0.15) is 13.8 Å². The molecule has 0 amide bonds. The van der Waals surface area contributed by atoms with Gasteiger partial charge in [-0.05, 0) is 13.8 Å². The molecule has 0 bridgehead atoms. The number of hydrogen-bond acceptors (Lipinski definition) is 2. The van der Waals surface area contributed by atoms with Crippen LogP contribution in [0.3, 0.4) is 0 Å². The second-order valence-electron chi connectivity index (χ2n) is 2.05. The molecule has 1 saturated heterocycles. The molecule has 0 aliphatic carbocycles. The summed E-state index contributed by atoms with van der Waals surface area (Å²) in [7, 11) is 0. The van der Waals surface area contributed by atoms with Crippen LogP contribution >= 0.6 is 0 Å². The summed E-state index contributed by atoms with van der Waals surface area (Å²) < 4.78 is 4.93. The Bertz CT molecular complexity index is 70.5. The van der Waals surface area contributed by atoms with Gasteiger partial charge in [0.15, 0.2) is 0 Å². The van der Waals surface area contributed by atoms with E-state index in [-0.39, 0.29) is 12.2 Å². The third kappa shape index (κ3) is 0.924. The van der Waals surface area contributed by atoms with Crippen molar-refractivity contribution in [1.29, 1.82) is 0 Å². The van der Waals surface area contributed by atoms with E-state index >= 15 is 0 Å². The van der Waals surface area contributed by atoms with Gasteiger partial charge in [-0.2, -0.15) is 0 Å². The largest absolute Gasteiger partial charge is 0.391 e. The van der Waals surface area contributed by atoms with E-state index in [1.54, 1.807) is 6.92 Å². The van der Waals surface area contributed by atoms with E-state index in [0.717, 1.165) is 0 Å². The Morgan fingerprint density at radius 2 is 2.14 bits per heavy atom. The van der Waals surface area contributed by atoms with E-state index in [9.17, 15) is 0 Å². The summed E-state index contributed by atoms with van der Waals surface area (Å²) in [6, 6.07) is 0. The minimum Gasteiger partial charge on any atom is -0.391 e. The van der Waals surface area contributed by atoms with Crippen molar-refractivity contribution < 1.29 is 9.84 Å². The molecule has 2 heteroatoms. The fraction of sp³-hybridized carbons (Fsp3) is 1.00. The van der Waals surface area contributed by atoms with E-state index in [1.807, 2.05) is 6.92 Å². The number of ether oxygens (including phenoxy) is 1. The highest BCUT2D eigenvalue weighted by Crippen LogP contribution is 2.23. The normalized spacial score (nSPS) is 43.3. The van der Waals surface area contributed by atoms with Crippen molar-refractivity contribution in [2.45, 2.75) is 32.2 Å². The minimum absolute atomic E-state index is 0.125. The van der Waals surface area contributed by atoms with E-state index in [4.69, 9.17) is 9.84 Å². The molecule has 1 rings (SSSR count). The monoisotopic (exact) mass is 102 g/mol. The number of hydrogen-bond donors (Lipinski definition) is 1. The molecule has 42 valence electrons. The fourth-order valence-electron chi connectivity index (χ4n) is 0.708. The Hall–Kier alpha value is -0.0800. The van der Waals surface area contributed by atoms with Gasteiger partial charge in [0.1, 0.15) is 6.10 Å². The highest BCUT2D eigenvalue weighted by atomic mass is 16.6. The van der Waals surface area contributed by atoms with Gasteiger partial charge in [-0.15, -0.1) is 0 Å². The van der Waals surface area contributed by atoms with Crippen LogP contribution in [-0.4, -0.2) is 23.4 Å². The van der Waals surface area contributed by atoms with Crippen LogP contribution in [-0.2, 0) is 4.74 Å². The van der Waals surface area contributed by atoms with Crippen molar-refractivity contribution in [3.05, 3.63) is 0 Å². The summed E-state index contributed by atoms with van der Waals surface area (Å²) in [4.78, 5) is 0. The van der Waals surface area contributed by atoms with Gasteiger partial charge in [-0.25, -0.2) is 0 Å². The van der Waals surface area contributed by atoms with Gasteiger partial charge in [0.2, 0.25) is 0 Å². The maximum Gasteiger partial charge on any atom is 0.109 e. The third-order valence-corrected chi connectivity index (χ3v) is 1.23. The Balaban J connectivity index is 2.20. The lowest BCUT2D eigenvalue weighted by atomic mass is 10.2. The first-order valence-corrected chi connectivity index (χ1v) is 2.55. The summed E-state index contributed by atoms with van der Waals surface area (Å²) in [5.74, 6) is 0. The molecule has 0 radical (unpaired) electrons. The van der Waals surface area contributed by atoms with Crippen molar-refractivity contribution in [2.75, 3.05) is 0 Å². The highest BCUT2D eigenvalue weighted by Gasteiger charge is 2.37. The zero-order chi connectivity index (χ0) is 5.44. The van der Waals surface area contributed by atoms with Crippen LogP contribution in [0.15, 0.2) is 0 Å². The molecule has 1 aliphatic rings. The topological polar surface area (TPSA) is 32.8 Å². The molecule has 1 aliphatic heterocycles. The zero-order valence-corrected chi connectivity index (χ0v) is 4.59. The van der Waals surface area contributed by atoms with Gasteiger partial charge in [0.25, 0.3) is 0 Å². The molecular formula is C5H10O2. The van der Waals surface area contributed by atoms with Crippen molar-refractivity contribution >= 4 is 0 Å². The first-order valence-electron chi connectivity index (χ1n) is 2.55. The van der Waals surface area contributed by atoms with Gasteiger partial charge in [-0.1, -0.05) is 0 Å². The zero-order valence-electron chi connectivity index (χ0n) is 4.59. The van der Waals surface area contributed by atoms with Crippen molar-refractivity contribution in [2.24, 2.45) is 0 Å². The summed E-state index contributed by atoms with van der Waals surface area (Å²) in [6.07, 6.45) is 0.134. The average molecular weight is 102 g/mol. The Labute approximate surface area is 43.1 Å². The van der Waals surface area contributed by atoms with Crippen molar-refractivity contribution in [3.63, 3.8) is 0 Å². The van der Waals surface area contributed by atoms with Crippen molar-refractivity contribution in [1.82, 2.24) is 0 Å². The van der Waals surface area contributed by atoms with Gasteiger partial charge >= 0.3 is 0 Å². The van der Waals surface area contributed by atoms with Crippen molar-refractivity contribution in [3.8, 4) is 0 Å². The molecule has 1 N–H and O–H groups in total. The molecule has 3 unspecified atom stereocenters. The maximum atomic E-state index is 8.74. The molecule has 2 nitrogen and oxygen atoms in total. The number of rotatable bonds is 1. The molecule has 1 fully saturated rings. The third-order valence-electron chi connectivity index (χ3n) is 1.23. The quantitative estimate of drug-likeness (QED) is 0.478. The lowest BCUT2D eigenvalue weighted by molar-refractivity contribution is 0.152. The predicted octanol–water partition coefficient (Wildman–Crippen LogP) is 0.155. The standard InChI is InChI=1S/C5H10O2/c1-3(6)5-4(2)7-5/h3-6H,1-2H3. The Morgan fingerprint density at radius 3 is 2.14 bits per heavy atom. The maximum absolute atomic E-state index is 8.74. The summed E-state index contributed by atoms with van der Waals surface area (Å²) in [5, 5.41) is 8.74. The summed E-state index contributed by atoms with van der Waals surface area (Å²) in [5.41, 5.74) is 0. The van der Waals surface area contributed by atoms with Gasteiger partial charge < -0.3 is 9.84 Å². The van der Waals surface area contributed by atoms with Crippen LogP contribution in [0.5, 0.6) is 0 Å². The molecule has 0 saturated carbocycles. The molecule has 0 spiro atoms. The highest BCUT2D eigenvalue weighted by molar-refractivity contribution is 4.84. The van der Waals surface area contributed by atoms with Gasteiger partial charge in [0, 0.05) is 0 Å². The number of aliphatic hydroxyl groups excluding tert-OH is 1. The number of aliphatic hydroxyl groups is 1. The van der Waals surface area contributed by atoms with Crippen LogP contribution < -0.4 is 0 Å². The molecule has 3 atom stereocenters. The van der Waals surface area contributed by atoms with Crippen LogP contribution in [0.4, 0.5) is 0 Å². The van der Waals surface area contributed by atoms with Gasteiger partial charge in [-0.3, -0.25) is 0 Å². The summed E-state index contributed by atoms with van der Waals surface area (Å²) >= 11 is 0. The van der Waals surface area contributed by atoms with E-state index in [1.165, 1.54) is 0 Å². The van der Waals surface area contributed by atoms with E-state index in [0.29, 0.717) is 6.10 Å². The number of epoxide rings is 1. The predicted molar refractivity (Wildman–Crippen MR) is 26.0 cm³/mol. The Kier molecular flexibility index (Phi) is 1.05. The molecule has 0 aromatic carbocycles. The van der Waals surface area contributed by atoms with E-state index in [2.05, 4.69) is 0 Å². The Morgan fingerprint density at radius 1 is 1.71 bits per heavy atom. The molecule has 0 aromatic rings. The van der Waals surface area contributed by atoms with E-state index < -0.39 is 0 Å². The first kappa shape index (κ1) is 5.06. The average Bonchev–Trinajstić information content (AvgIpc) is 2.17. The van der Waals surface area contributed by atoms with Crippen LogP contribution in [0.2, 0.25) is 0 Å². The second-order valence-corrected chi connectivity index (χ2v) is 2.05. The summed E-state index contributed by atoms with van der Waals surface area (Å²) in [6.45, 7) is 3.70. The lowest BCUT2D eigenvalue weighted by Crippen LogP contribution is -2.09. The van der Waals surface area contributed by atoms with Crippen LogP contribution in [0.25, 0.3) is 0 Å². The molecule has 7 heavy (non-hydrogen) atoms. The SMILES string of the molecule is CC(O)C1OC1C. The molecule has 0 aromatic heterocycles. The fourth-order valence-corrected chi connectivity index (χ4v) is 0.708. The van der Waals surface area contributed by atoms with Gasteiger partial charge in [0.05, 0.1) is 12.2 Å². The smallest absolute Gasteiger partial charge is 0.109 e. The molecule has 1 heterocycles. The first-order chi connectivity index (χ1) is 3.22. The second kappa shape index (κ2) is 1.46. The minimum atomic E-state index is -0.282. The van der Waals surface area contributed by atoms with Crippen LogP contribution in [0, 0.1) is 0 Å². The lowest BCUT2D eigenvalue weighted by Gasteiger charge is -1.92.